The van der Waals surface area contributed by atoms with E-state index in [4.69, 9.17) is 5.73 Å². The van der Waals surface area contributed by atoms with Gasteiger partial charge in [-0.1, -0.05) is 12.1 Å². The minimum atomic E-state index is -0.499. The molecule has 0 spiro atoms. The molecule has 0 fully saturated rings. The molecule has 1 aliphatic heterocycles. The molecule has 1 aliphatic rings. The summed E-state index contributed by atoms with van der Waals surface area (Å²) in [6.45, 7) is 1.50. The molecular weight excluding hydrogens is 338 g/mol. The summed E-state index contributed by atoms with van der Waals surface area (Å²) in [5.74, 6) is -0.0106. The van der Waals surface area contributed by atoms with Crippen LogP contribution >= 0.6 is 0 Å². The third-order valence-corrected chi connectivity index (χ3v) is 4.77. The normalized spacial score (nSPS) is 12.7. The molecule has 0 bridgehead atoms. The van der Waals surface area contributed by atoms with Gasteiger partial charge in [0, 0.05) is 37.4 Å². The van der Waals surface area contributed by atoms with Gasteiger partial charge in [-0.25, -0.2) is 4.98 Å². The molecule has 0 radical (unpaired) electrons. The van der Waals surface area contributed by atoms with Crippen LogP contribution in [0.2, 0.25) is 0 Å². The number of fused-ring (bicyclic) bond motifs is 1. The monoisotopic (exact) mass is 359 g/mol. The topological polar surface area (TPSA) is 92.9 Å². The first-order valence-electron chi connectivity index (χ1n) is 9.01. The van der Waals surface area contributed by atoms with E-state index in [9.17, 15) is 4.79 Å². The van der Waals surface area contributed by atoms with Gasteiger partial charge in [0.1, 0.15) is 5.82 Å². The second-order valence-electron chi connectivity index (χ2n) is 6.56. The van der Waals surface area contributed by atoms with E-state index >= 15 is 0 Å². The number of nitrogens with zero attached hydrogens (tertiary/aromatic N) is 2. The molecule has 2 aromatic heterocycles. The zero-order valence-corrected chi connectivity index (χ0v) is 14.9. The summed E-state index contributed by atoms with van der Waals surface area (Å²) in [5.41, 5.74) is 11.3. The zero-order valence-electron chi connectivity index (χ0n) is 14.9. The van der Waals surface area contributed by atoms with Gasteiger partial charge in [-0.05, 0) is 59.4 Å². The van der Waals surface area contributed by atoms with Crippen molar-refractivity contribution in [1.82, 2.24) is 9.97 Å². The second-order valence-corrected chi connectivity index (χ2v) is 6.56. The van der Waals surface area contributed by atoms with Gasteiger partial charge in [0.2, 0.25) is 0 Å². The largest absolute Gasteiger partial charge is 0.385 e. The van der Waals surface area contributed by atoms with E-state index in [-0.39, 0.29) is 0 Å². The van der Waals surface area contributed by atoms with Crippen LogP contribution in [0.1, 0.15) is 27.9 Å². The number of nitrogens with one attached hydrogen (secondary N) is 2. The molecule has 0 saturated carbocycles. The minimum Gasteiger partial charge on any atom is -0.385 e. The Morgan fingerprint density at radius 2 is 2.00 bits per heavy atom. The van der Waals surface area contributed by atoms with Gasteiger partial charge in [0.05, 0.1) is 5.56 Å². The summed E-state index contributed by atoms with van der Waals surface area (Å²) in [7, 11) is 0. The van der Waals surface area contributed by atoms with Crippen molar-refractivity contribution < 1.29 is 4.79 Å². The molecule has 136 valence electrons. The summed E-state index contributed by atoms with van der Waals surface area (Å²) in [6.07, 6.45) is 7.37. The van der Waals surface area contributed by atoms with Gasteiger partial charge in [-0.15, -0.1) is 0 Å². The van der Waals surface area contributed by atoms with Crippen LogP contribution in [0.3, 0.4) is 0 Å². The molecular formula is C21H21N5O. The van der Waals surface area contributed by atoms with E-state index in [1.54, 1.807) is 18.6 Å². The molecule has 3 aromatic rings. The Morgan fingerprint density at radius 1 is 1.15 bits per heavy atom. The average molecular weight is 359 g/mol. The van der Waals surface area contributed by atoms with E-state index in [0.29, 0.717) is 17.9 Å². The molecule has 0 unspecified atom stereocenters. The number of nitrogens with two attached hydrogens (primary N) is 1. The highest BCUT2D eigenvalue weighted by Crippen LogP contribution is 2.32. The van der Waals surface area contributed by atoms with Crippen molar-refractivity contribution in [1.29, 1.82) is 0 Å². The Bertz CT molecular complexity index is 972. The fraction of sp³-hybridized carbons (Fsp3) is 0.190. The first kappa shape index (κ1) is 17.0. The van der Waals surface area contributed by atoms with Crippen molar-refractivity contribution in [3.63, 3.8) is 0 Å². The van der Waals surface area contributed by atoms with Crippen LogP contribution in [0.4, 0.5) is 11.5 Å². The van der Waals surface area contributed by atoms with Gasteiger partial charge in [0.25, 0.3) is 5.91 Å². The molecule has 6 heteroatoms. The SMILES string of the molecule is NC(=O)c1c(-c2ccc3c(c2)NCCC3)ccnc1NCc1ccncc1. The van der Waals surface area contributed by atoms with Crippen molar-refractivity contribution in [3.05, 3.63) is 71.7 Å². The van der Waals surface area contributed by atoms with Crippen molar-refractivity contribution in [2.24, 2.45) is 5.73 Å². The zero-order chi connectivity index (χ0) is 18.6. The summed E-state index contributed by atoms with van der Waals surface area (Å²) >= 11 is 0. The molecule has 1 amide bonds. The lowest BCUT2D eigenvalue weighted by Crippen LogP contribution is -2.17. The number of carbonyl (C=O) groups excluding carboxylic acids is 1. The highest BCUT2D eigenvalue weighted by Gasteiger charge is 2.18. The highest BCUT2D eigenvalue weighted by atomic mass is 16.1. The van der Waals surface area contributed by atoms with Crippen LogP contribution in [0, 0.1) is 0 Å². The summed E-state index contributed by atoms with van der Waals surface area (Å²) < 4.78 is 0. The summed E-state index contributed by atoms with van der Waals surface area (Å²) in [4.78, 5) is 20.6. The second kappa shape index (κ2) is 7.45. The van der Waals surface area contributed by atoms with Crippen LogP contribution in [0.15, 0.2) is 55.0 Å². The number of anilines is 2. The van der Waals surface area contributed by atoms with Gasteiger partial charge in [0.15, 0.2) is 0 Å². The summed E-state index contributed by atoms with van der Waals surface area (Å²) in [5, 5.41) is 6.66. The predicted octanol–water partition coefficient (Wildman–Crippen LogP) is 3.21. The third-order valence-electron chi connectivity index (χ3n) is 4.77. The molecule has 0 aliphatic carbocycles. The number of aromatic nitrogens is 2. The lowest BCUT2D eigenvalue weighted by Gasteiger charge is -2.20. The van der Waals surface area contributed by atoms with E-state index in [2.05, 4.69) is 32.7 Å². The number of hydrogen-bond acceptors (Lipinski definition) is 5. The van der Waals surface area contributed by atoms with Crippen molar-refractivity contribution in [2.75, 3.05) is 17.2 Å². The summed E-state index contributed by atoms with van der Waals surface area (Å²) in [6, 6.07) is 11.9. The fourth-order valence-corrected chi connectivity index (χ4v) is 3.40. The van der Waals surface area contributed by atoms with Gasteiger partial charge >= 0.3 is 0 Å². The van der Waals surface area contributed by atoms with Crippen LogP contribution in [0.5, 0.6) is 0 Å². The maximum atomic E-state index is 12.2. The molecule has 4 N–H and O–H groups in total. The number of benzene rings is 1. The molecule has 6 nitrogen and oxygen atoms in total. The lowest BCUT2D eigenvalue weighted by atomic mass is 9.95. The van der Waals surface area contributed by atoms with Crippen molar-refractivity contribution in [2.45, 2.75) is 19.4 Å². The number of pyridine rings is 2. The number of primary amides is 1. The fourth-order valence-electron chi connectivity index (χ4n) is 3.40. The first-order valence-corrected chi connectivity index (χ1v) is 9.01. The third kappa shape index (κ3) is 3.60. The van der Waals surface area contributed by atoms with E-state index < -0.39 is 5.91 Å². The number of rotatable bonds is 5. The molecule has 0 atom stereocenters. The highest BCUT2D eigenvalue weighted by molar-refractivity contribution is 6.04. The molecule has 27 heavy (non-hydrogen) atoms. The maximum Gasteiger partial charge on any atom is 0.253 e. The standard InChI is InChI=1S/C21H21N5O/c22-20(27)19-17(16-4-3-15-2-1-8-24-18(15)12-16)7-11-25-21(19)26-13-14-5-9-23-10-6-14/h3-7,9-12,24H,1-2,8,13H2,(H2,22,27)(H,25,26). The predicted molar refractivity (Wildman–Crippen MR) is 107 cm³/mol. The Hall–Kier alpha value is -3.41. The van der Waals surface area contributed by atoms with E-state index in [1.165, 1.54) is 5.56 Å². The first-order chi connectivity index (χ1) is 13.2. The number of carbonyl (C=O) groups is 1. The van der Waals surface area contributed by atoms with E-state index in [0.717, 1.165) is 41.8 Å². The van der Waals surface area contributed by atoms with E-state index in [1.807, 2.05) is 24.3 Å². The quantitative estimate of drug-likeness (QED) is 0.650. The number of amides is 1. The molecule has 0 saturated heterocycles. The molecule has 3 heterocycles. The van der Waals surface area contributed by atoms with Crippen LogP contribution in [0.25, 0.3) is 11.1 Å². The van der Waals surface area contributed by atoms with Crippen molar-refractivity contribution in [3.8, 4) is 11.1 Å². The molecule has 1 aromatic carbocycles. The van der Waals surface area contributed by atoms with Gasteiger partial charge in [-0.2, -0.15) is 0 Å². The molecule has 4 rings (SSSR count). The average Bonchev–Trinajstić information content (AvgIpc) is 2.72. The van der Waals surface area contributed by atoms with Crippen LogP contribution < -0.4 is 16.4 Å². The Balaban J connectivity index is 1.70. The van der Waals surface area contributed by atoms with Crippen LogP contribution in [-0.4, -0.2) is 22.4 Å². The van der Waals surface area contributed by atoms with Gasteiger partial charge in [-0.3, -0.25) is 9.78 Å². The number of aryl methyl sites for hydroxylation is 1. The van der Waals surface area contributed by atoms with Gasteiger partial charge < -0.3 is 16.4 Å². The smallest absolute Gasteiger partial charge is 0.253 e. The minimum absolute atomic E-state index is 0.405. The van der Waals surface area contributed by atoms with Crippen molar-refractivity contribution >= 4 is 17.4 Å². The Kier molecular flexibility index (Phi) is 4.70. The van der Waals surface area contributed by atoms with Crippen LogP contribution in [-0.2, 0) is 13.0 Å². The number of hydrogen-bond donors (Lipinski definition) is 3. The lowest BCUT2D eigenvalue weighted by molar-refractivity contribution is 0.100. The Morgan fingerprint density at radius 3 is 2.81 bits per heavy atom. The maximum absolute atomic E-state index is 12.2. The Labute approximate surface area is 157 Å².